The van der Waals surface area contributed by atoms with Gasteiger partial charge in [-0.1, -0.05) is 6.92 Å². The van der Waals surface area contributed by atoms with Crippen LogP contribution < -0.4 is 0 Å². The topological polar surface area (TPSA) is 31.9 Å². The molecule has 0 aromatic carbocycles. The number of aryl methyl sites for hydroxylation is 1. The first kappa shape index (κ1) is 11.3. The molecule has 1 fully saturated rings. The van der Waals surface area contributed by atoms with E-state index in [4.69, 9.17) is 0 Å². The normalized spacial score (nSPS) is 28.8. The smallest absolute Gasteiger partial charge is 0.0626 e. The Morgan fingerprint density at radius 2 is 2.24 bits per heavy atom. The zero-order valence-corrected chi connectivity index (χ0v) is 11.0. The highest BCUT2D eigenvalue weighted by molar-refractivity contribution is 5.28. The van der Waals surface area contributed by atoms with Crippen LogP contribution in [0.1, 0.15) is 36.7 Å². The monoisotopic (exact) mass is 233 g/mol. The van der Waals surface area contributed by atoms with Crippen LogP contribution in [0.25, 0.3) is 0 Å². The van der Waals surface area contributed by atoms with Gasteiger partial charge in [-0.15, -0.1) is 0 Å². The van der Waals surface area contributed by atoms with Crippen molar-refractivity contribution in [3.05, 3.63) is 17.0 Å². The van der Waals surface area contributed by atoms with Crippen LogP contribution in [0.2, 0.25) is 0 Å². The first-order valence-corrected chi connectivity index (χ1v) is 7.03. The number of H-pyrrole nitrogens is 1. The Balaban J connectivity index is 1.75. The zero-order chi connectivity index (χ0) is 11.8. The van der Waals surface area contributed by atoms with Gasteiger partial charge in [0.15, 0.2) is 0 Å². The molecule has 1 N–H and O–H groups in total. The minimum absolute atomic E-state index is 0.874. The average Bonchev–Trinajstić information content (AvgIpc) is 2.69. The Labute approximate surface area is 104 Å². The molecule has 3 heteroatoms. The molecule has 3 nitrogen and oxygen atoms in total. The fourth-order valence-corrected chi connectivity index (χ4v) is 3.64. The van der Waals surface area contributed by atoms with Crippen LogP contribution in [0.15, 0.2) is 0 Å². The number of hydrogen-bond donors (Lipinski definition) is 1. The van der Waals surface area contributed by atoms with Crippen LogP contribution in [0.4, 0.5) is 0 Å². The molecule has 17 heavy (non-hydrogen) atoms. The summed E-state index contributed by atoms with van der Waals surface area (Å²) in [6.07, 6.45) is 5.15. The third-order valence-electron chi connectivity index (χ3n) is 4.61. The number of piperidine rings is 1. The van der Waals surface area contributed by atoms with E-state index >= 15 is 0 Å². The van der Waals surface area contributed by atoms with Gasteiger partial charge in [0.25, 0.3) is 0 Å². The number of fused-ring (bicyclic) bond motifs is 2. The van der Waals surface area contributed by atoms with Gasteiger partial charge < -0.3 is 4.90 Å². The third-order valence-corrected chi connectivity index (χ3v) is 4.61. The van der Waals surface area contributed by atoms with E-state index in [1.54, 1.807) is 0 Å². The summed E-state index contributed by atoms with van der Waals surface area (Å²) in [7, 11) is 0. The van der Waals surface area contributed by atoms with E-state index in [1.165, 1.54) is 62.3 Å². The molecule has 1 aliphatic heterocycles. The standard InChI is InChI=1S/C14H23N3/c1-3-5-17-6-4-11-8-14-13(7-12(11)9-17)10(2)15-16-14/h11-12H,3-9H2,1-2H3,(H,15,16). The lowest BCUT2D eigenvalue weighted by Gasteiger charge is -2.41. The van der Waals surface area contributed by atoms with Crippen molar-refractivity contribution in [2.75, 3.05) is 19.6 Å². The van der Waals surface area contributed by atoms with Gasteiger partial charge in [-0.05, 0) is 63.1 Å². The molecule has 1 aromatic heterocycles. The maximum Gasteiger partial charge on any atom is 0.0626 e. The van der Waals surface area contributed by atoms with Gasteiger partial charge in [-0.3, -0.25) is 5.10 Å². The molecular formula is C14H23N3. The van der Waals surface area contributed by atoms with Crippen LogP contribution in [0.3, 0.4) is 0 Å². The maximum absolute atomic E-state index is 4.37. The second-order valence-corrected chi connectivity index (χ2v) is 5.78. The van der Waals surface area contributed by atoms with Crippen molar-refractivity contribution in [2.24, 2.45) is 11.8 Å². The Morgan fingerprint density at radius 3 is 3.06 bits per heavy atom. The Morgan fingerprint density at radius 1 is 1.35 bits per heavy atom. The predicted molar refractivity (Wildman–Crippen MR) is 69.1 cm³/mol. The van der Waals surface area contributed by atoms with Gasteiger partial charge in [0.05, 0.1) is 5.69 Å². The molecule has 1 saturated heterocycles. The van der Waals surface area contributed by atoms with Crippen molar-refractivity contribution in [3.63, 3.8) is 0 Å². The first-order valence-electron chi connectivity index (χ1n) is 7.03. The van der Waals surface area contributed by atoms with Crippen LogP contribution in [0, 0.1) is 18.8 Å². The van der Waals surface area contributed by atoms with E-state index in [2.05, 4.69) is 28.9 Å². The maximum atomic E-state index is 4.37. The van der Waals surface area contributed by atoms with Gasteiger partial charge in [-0.2, -0.15) is 5.10 Å². The van der Waals surface area contributed by atoms with Crippen molar-refractivity contribution >= 4 is 0 Å². The van der Waals surface area contributed by atoms with Gasteiger partial charge in [0.1, 0.15) is 0 Å². The molecule has 0 radical (unpaired) electrons. The van der Waals surface area contributed by atoms with Crippen LogP contribution in [-0.2, 0) is 12.8 Å². The van der Waals surface area contributed by atoms with Crippen molar-refractivity contribution in [1.82, 2.24) is 15.1 Å². The summed E-state index contributed by atoms with van der Waals surface area (Å²) in [6.45, 7) is 8.31. The van der Waals surface area contributed by atoms with E-state index < -0.39 is 0 Å². The number of hydrogen-bond acceptors (Lipinski definition) is 2. The Hall–Kier alpha value is -0.830. The van der Waals surface area contributed by atoms with Gasteiger partial charge in [0.2, 0.25) is 0 Å². The molecule has 2 heterocycles. The molecular weight excluding hydrogens is 210 g/mol. The molecule has 94 valence electrons. The van der Waals surface area contributed by atoms with Crippen LogP contribution in [0.5, 0.6) is 0 Å². The molecule has 0 bridgehead atoms. The van der Waals surface area contributed by atoms with E-state index in [-0.39, 0.29) is 0 Å². The van der Waals surface area contributed by atoms with Crippen molar-refractivity contribution in [3.8, 4) is 0 Å². The molecule has 0 saturated carbocycles. The fourth-order valence-electron chi connectivity index (χ4n) is 3.64. The summed E-state index contributed by atoms with van der Waals surface area (Å²) < 4.78 is 0. The second-order valence-electron chi connectivity index (χ2n) is 5.78. The van der Waals surface area contributed by atoms with E-state index in [0.717, 1.165) is 11.8 Å². The molecule has 2 aliphatic rings. The summed E-state index contributed by atoms with van der Waals surface area (Å²) >= 11 is 0. The lowest BCUT2D eigenvalue weighted by atomic mass is 9.74. The molecule has 1 aromatic rings. The van der Waals surface area contributed by atoms with Crippen molar-refractivity contribution in [1.29, 1.82) is 0 Å². The molecule has 2 atom stereocenters. The van der Waals surface area contributed by atoms with Crippen LogP contribution in [-0.4, -0.2) is 34.7 Å². The highest BCUT2D eigenvalue weighted by Crippen LogP contribution is 2.35. The quantitative estimate of drug-likeness (QED) is 0.849. The predicted octanol–water partition coefficient (Wildman–Crippen LogP) is 2.16. The average molecular weight is 233 g/mol. The van der Waals surface area contributed by atoms with E-state index in [9.17, 15) is 0 Å². The minimum atomic E-state index is 0.874. The number of aromatic amines is 1. The van der Waals surface area contributed by atoms with E-state index in [1.807, 2.05) is 0 Å². The van der Waals surface area contributed by atoms with Crippen molar-refractivity contribution in [2.45, 2.75) is 39.5 Å². The van der Waals surface area contributed by atoms with Crippen molar-refractivity contribution < 1.29 is 0 Å². The van der Waals surface area contributed by atoms with Gasteiger partial charge in [-0.25, -0.2) is 0 Å². The summed E-state index contributed by atoms with van der Waals surface area (Å²) in [5, 5.41) is 7.60. The largest absolute Gasteiger partial charge is 0.303 e. The van der Waals surface area contributed by atoms with E-state index in [0.29, 0.717) is 0 Å². The number of nitrogens with one attached hydrogen (secondary N) is 1. The number of aromatic nitrogens is 2. The Kier molecular flexibility index (Phi) is 2.95. The van der Waals surface area contributed by atoms with Gasteiger partial charge >= 0.3 is 0 Å². The SMILES string of the molecule is CCCN1CCC2Cc3[nH]nc(C)c3CC2C1. The summed E-state index contributed by atoms with van der Waals surface area (Å²) in [4.78, 5) is 2.65. The second kappa shape index (κ2) is 4.45. The summed E-state index contributed by atoms with van der Waals surface area (Å²) in [5.41, 5.74) is 4.17. The molecule has 0 spiro atoms. The highest BCUT2D eigenvalue weighted by Gasteiger charge is 2.34. The highest BCUT2D eigenvalue weighted by atomic mass is 15.1. The zero-order valence-electron chi connectivity index (χ0n) is 11.0. The lowest BCUT2D eigenvalue weighted by molar-refractivity contribution is 0.111. The molecule has 0 amide bonds. The summed E-state index contributed by atoms with van der Waals surface area (Å²) in [6, 6.07) is 0. The number of likely N-dealkylation sites (tertiary alicyclic amines) is 1. The molecule has 3 rings (SSSR count). The number of nitrogens with zero attached hydrogens (tertiary/aromatic N) is 2. The lowest BCUT2D eigenvalue weighted by Crippen LogP contribution is -2.44. The number of rotatable bonds is 2. The van der Waals surface area contributed by atoms with Crippen LogP contribution >= 0.6 is 0 Å². The third kappa shape index (κ3) is 2.01. The summed E-state index contributed by atoms with van der Waals surface area (Å²) in [5.74, 6) is 1.77. The Bertz CT molecular complexity index is 396. The minimum Gasteiger partial charge on any atom is -0.303 e. The molecule has 2 unspecified atom stereocenters. The fraction of sp³-hybridized carbons (Fsp3) is 0.786. The van der Waals surface area contributed by atoms with Gasteiger partial charge in [0, 0.05) is 12.2 Å². The first-order chi connectivity index (χ1) is 8.28. The molecule has 1 aliphatic carbocycles.